The molecule has 0 radical (unpaired) electrons. The molecule has 1 heterocycles. The van der Waals surface area contributed by atoms with Gasteiger partial charge in [-0.15, -0.1) is 0 Å². The van der Waals surface area contributed by atoms with Gasteiger partial charge in [-0.25, -0.2) is 17.9 Å². The van der Waals surface area contributed by atoms with Crippen LogP contribution in [0.1, 0.15) is 66.7 Å². The summed E-state index contributed by atoms with van der Waals surface area (Å²) in [5, 5.41) is 3.42. The lowest BCUT2D eigenvalue weighted by atomic mass is 9.96. The highest BCUT2D eigenvalue weighted by Crippen LogP contribution is 2.27. The van der Waals surface area contributed by atoms with E-state index in [0.717, 1.165) is 12.6 Å². The molecule has 0 fully saturated rings. The summed E-state index contributed by atoms with van der Waals surface area (Å²) in [6.45, 7) is 5.87. The number of hydrogen-bond acceptors (Lipinski definition) is 2. The van der Waals surface area contributed by atoms with E-state index >= 15 is 0 Å². The lowest BCUT2D eigenvalue weighted by Crippen LogP contribution is -2.33. The molecule has 2 aromatic rings. The number of aryl methyl sites for hydroxylation is 1. The molecule has 0 saturated heterocycles. The van der Waals surface area contributed by atoms with Gasteiger partial charge >= 0.3 is 0 Å². The first-order valence-corrected chi connectivity index (χ1v) is 8.75. The van der Waals surface area contributed by atoms with E-state index in [9.17, 15) is 22.4 Å². The largest absolute Gasteiger partial charge is 0.334 e. The van der Waals surface area contributed by atoms with Crippen LogP contribution in [0.4, 0.5) is 17.6 Å². The van der Waals surface area contributed by atoms with Crippen molar-refractivity contribution in [2.75, 3.05) is 6.54 Å². The summed E-state index contributed by atoms with van der Waals surface area (Å²) < 4.78 is 55.1. The Morgan fingerprint density at radius 1 is 1.26 bits per heavy atom. The van der Waals surface area contributed by atoms with E-state index in [-0.39, 0.29) is 19.0 Å². The lowest BCUT2D eigenvalue weighted by Gasteiger charge is -2.24. The van der Waals surface area contributed by atoms with Crippen LogP contribution in [0, 0.1) is 11.8 Å². The normalized spacial score (nSPS) is 11.5. The number of alkyl halides is 2. The average molecular weight is 385 g/mol. The summed E-state index contributed by atoms with van der Waals surface area (Å²) >= 11 is 0. The topological polar surface area (TPSA) is 38.1 Å². The van der Waals surface area contributed by atoms with Gasteiger partial charge in [0.25, 0.3) is 12.3 Å². The van der Waals surface area contributed by atoms with E-state index in [1.54, 1.807) is 6.07 Å². The molecule has 0 unspecified atom stereocenters. The standard InChI is InChI=1S/C19H23F4N3O/c1-5-8-26(10-12-9-13(20)6-7-14(12)11(2)3)19(27)15-16(17(21)22)24-25(4)18(15)23/h6-7,9,11,17H,5,8,10H2,1-4H3. The summed E-state index contributed by atoms with van der Waals surface area (Å²) in [7, 11) is 1.16. The van der Waals surface area contributed by atoms with E-state index in [1.165, 1.54) is 17.0 Å². The Kier molecular flexibility index (Phi) is 6.62. The Morgan fingerprint density at radius 2 is 1.93 bits per heavy atom. The molecule has 4 nitrogen and oxygen atoms in total. The van der Waals surface area contributed by atoms with Crippen LogP contribution in [0.3, 0.4) is 0 Å². The molecule has 0 spiro atoms. The fourth-order valence-corrected chi connectivity index (χ4v) is 3.03. The second-order valence-electron chi connectivity index (χ2n) is 6.70. The molecule has 0 saturated carbocycles. The number of nitrogens with zero attached hydrogens (tertiary/aromatic N) is 3. The number of hydrogen-bond donors (Lipinski definition) is 0. The highest BCUT2D eigenvalue weighted by atomic mass is 19.3. The average Bonchev–Trinajstić information content (AvgIpc) is 2.89. The monoisotopic (exact) mass is 385 g/mol. The molecular weight excluding hydrogens is 362 g/mol. The summed E-state index contributed by atoms with van der Waals surface area (Å²) in [5.74, 6) is -2.37. The Balaban J connectivity index is 2.45. The Labute approximate surface area is 155 Å². The minimum absolute atomic E-state index is 0.00500. The first-order chi connectivity index (χ1) is 12.7. The van der Waals surface area contributed by atoms with Gasteiger partial charge in [0, 0.05) is 20.1 Å². The van der Waals surface area contributed by atoms with E-state index in [1.807, 2.05) is 20.8 Å². The van der Waals surface area contributed by atoms with E-state index < -0.39 is 35.4 Å². The molecule has 0 aliphatic rings. The number of aromatic nitrogens is 2. The first-order valence-electron chi connectivity index (χ1n) is 8.75. The molecule has 2 rings (SSSR count). The summed E-state index contributed by atoms with van der Waals surface area (Å²) in [6.07, 6.45) is -2.55. The predicted octanol–water partition coefficient (Wildman–Crippen LogP) is 4.81. The van der Waals surface area contributed by atoms with Crippen LogP contribution in [0.25, 0.3) is 0 Å². The highest BCUT2D eigenvalue weighted by molar-refractivity contribution is 5.95. The molecule has 1 aromatic carbocycles. The highest BCUT2D eigenvalue weighted by Gasteiger charge is 2.31. The Bertz CT molecular complexity index is 818. The van der Waals surface area contributed by atoms with Crippen LogP contribution in [0.2, 0.25) is 0 Å². The van der Waals surface area contributed by atoms with Crippen LogP contribution < -0.4 is 0 Å². The SMILES string of the molecule is CCCN(Cc1cc(F)ccc1C(C)C)C(=O)c1c(C(F)F)nn(C)c1F. The number of rotatable bonds is 7. The number of amides is 1. The van der Waals surface area contributed by atoms with E-state index in [0.29, 0.717) is 16.7 Å². The Morgan fingerprint density at radius 3 is 2.48 bits per heavy atom. The van der Waals surface area contributed by atoms with Gasteiger partial charge in [0.1, 0.15) is 17.1 Å². The Hall–Kier alpha value is -2.38. The third-order valence-corrected chi connectivity index (χ3v) is 4.29. The van der Waals surface area contributed by atoms with E-state index in [4.69, 9.17) is 0 Å². The smallest absolute Gasteiger partial charge is 0.283 e. The molecule has 148 valence electrons. The number of carbonyl (C=O) groups is 1. The molecule has 1 amide bonds. The van der Waals surface area contributed by atoms with Gasteiger partial charge in [-0.3, -0.25) is 4.79 Å². The van der Waals surface area contributed by atoms with Crippen molar-refractivity contribution in [3.63, 3.8) is 0 Å². The zero-order valence-electron chi connectivity index (χ0n) is 15.8. The van der Waals surface area contributed by atoms with Gasteiger partial charge < -0.3 is 4.90 Å². The summed E-state index contributed by atoms with van der Waals surface area (Å²) in [6, 6.07) is 4.29. The molecule has 27 heavy (non-hydrogen) atoms. The first kappa shape index (κ1) is 20.9. The molecule has 0 aliphatic carbocycles. The minimum atomic E-state index is -3.08. The second kappa shape index (κ2) is 8.54. The maximum Gasteiger partial charge on any atom is 0.283 e. The van der Waals surface area contributed by atoms with Gasteiger partial charge in [-0.05, 0) is 35.6 Å². The van der Waals surface area contributed by atoms with Gasteiger partial charge in [0.2, 0.25) is 5.95 Å². The minimum Gasteiger partial charge on any atom is -0.334 e. The zero-order valence-corrected chi connectivity index (χ0v) is 15.8. The van der Waals surface area contributed by atoms with Crippen molar-refractivity contribution in [3.05, 3.63) is 52.3 Å². The number of halogens is 4. The van der Waals surface area contributed by atoms with Gasteiger partial charge in [0.05, 0.1) is 0 Å². The second-order valence-corrected chi connectivity index (χ2v) is 6.70. The van der Waals surface area contributed by atoms with Crippen LogP contribution in [-0.2, 0) is 13.6 Å². The van der Waals surface area contributed by atoms with Gasteiger partial charge in [0.15, 0.2) is 0 Å². The summed E-state index contributed by atoms with van der Waals surface area (Å²) in [4.78, 5) is 14.1. The predicted molar refractivity (Wildman–Crippen MR) is 93.6 cm³/mol. The molecular formula is C19H23F4N3O. The molecule has 0 bridgehead atoms. The fraction of sp³-hybridized carbons (Fsp3) is 0.474. The van der Waals surface area contributed by atoms with Crippen LogP contribution in [0.5, 0.6) is 0 Å². The van der Waals surface area contributed by atoms with Gasteiger partial charge in [-0.2, -0.15) is 9.49 Å². The zero-order chi connectivity index (χ0) is 20.3. The van der Waals surface area contributed by atoms with Crippen LogP contribution in [-0.4, -0.2) is 27.1 Å². The maximum absolute atomic E-state index is 14.3. The lowest BCUT2D eigenvalue weighted by molar-refractivity contribution is 0.0724. The van der Waals surface area contributed by atoms with Crippen molar-refractivity contribution >= 4 is 5.91 Å². The van der Waals surface area contributed by atoms with Crippen LogP contribution in [0.15, 0.2) is 18.2 Å². The van der Waals surface area contributed by atoms with Gasteiger partial charge in [-0.1, -0.05) is 26.8 Å². The molecule has 0 N–H and O–H groups in total. The number of benzene rings is 1. The fourth-order valence-electron chi connectivity index (χ4n) is 3.03. The third kappa shape index (κ3) is 4.48. The summed E-state index contributed by atoms with van der Waals surface area (Å²) in [5.41, 5.74) is -0.214. The molecule has 8 heteroatoms. The van der Waals surface area contributed by atoms with E-state index in [2.05, 4.69) is 5.10 Å². The third-order valence-electron chi connectivity index (χ3n) is 4.29. The van der Waals surface area contributed by atoms with Crippen LogP contribution >= 0.6 is 0 Å². The van der Waals surface area contributed by atoms with Crippen molar-refractivity contribution in [1.82, 2.24) is 14.7 Å². The van der Waals surface area contributed by atoms with Crippen molar-refractivity contribution in [2.45, 2.75) is 46.1 Å². The van der Waals surface area contributed by atoms with Crippen molar-refractivity contribution in [2.24, 2.45) is 7.05 Å². The van der Waals surface area contributed by atoms with Crippen molar-refractivity contribution in [1.29, 1.82) is 0 Å². The van der Waals surface area contributed by atoms with Crippen molar-refractivity contribution < 1.29 is 22.4 Å². The molecule has 1 aromatic heterocycles. The maximum atomic E-state index is 14.3. The molecule has 0 aliphatic heterocycles. The molecule has 0 atom stereocenters. The number of carbonyl (C=O) groups excluding carboxylic acids is 1. The van der Waals surface area contributed by atoms with Crippen molar-refractivity contribution in [3.8, 4) is 0 Å². The quantitative estimate of drug-likeness (QED) is 0.642.